The van der Waals surface area contributed by atoms with Crippen molar-refractivity contribution in [2.24, 2.45) is 11.3 Å². The number of hydrogen-bond acceptors (Lipinski definition) is 1. The van der Waals surface area contributed by atoms with E-state index in [2.05, 4.69) is 0 Å². The van der Waals surface area contributed by atoms with Crippen molar-refractivity contribution in [3.8, 4) is 0 Å². The van der Waals surface area contributed by atoms with Crippen LogP contribution in [0.4, 0.5) is 0 Å². The third-order valence-corrected chi connectivity index (χ3v) is 2.46. The summed E-state index contributed by atoms with van der Waals surface area (Å²) in [6, 6.07) is 0. The predicted octanol–water partition coefficient (Wildman–Crippen LogP) is 1.51. The van der Waals surface area contributed by atoms with Gasteiger partial charge in [-0.25, -0.2) is 0 Å². The lowest BCUT2D eigenvalue weighted by Gasteiger charge is -2.01. The molecule has 0 spiro atoms. The van der Waals surface area contributed by atoms with E-state index in [1.54, 1.807) is 0 Å². The Labute approximate surface area is 54.9 Å². The molecule has 1 N–H and O–H groups in total. The van der Waals surface area contributed by atoms with E-state index in [0.717, 1.165) is 12.8 Å². The SMILES string of the molecule is CC[C@]1(C)C[C@H]1C(=O)O. The van der Waals surface area contributed by atoms with Crippen molar-refractivity contribution in [1.82, 2.24) is 0 Å². The van der Waals surface area contributed by atoms with Crippen molar-refractivity contribution in [2.45, 2.75) is 26.7 Å². The van der Waals surface area contributed by atoms with Gasteiger partial charge in [-0.2, -0.15) is 0 Å². The van der Waals surface area contributed by atoms with Crippen molar-refractivity contribution < 1.29 is 9.90 Å². The van der Waals surface area contributed by atoms with Gasteiger partial charge < -0.3 is 5.11 Å². The quantitative estimate of drug-likeness (QED) is 0.612. The molecule has 0 saturated heterocycles. The maximum atomic E-state index is 10.3. The summed E-state index contributed by atoms with van der Waals surface area (Å²) in [7, 11) is 0. The molecule has 52 valence electrons. The van der Waals surface area contributed by atoms with Gasteiger partial charge in [0.2, 0.25) is 0 Å². The van der Waals surface area contributed by atoms with Crippen LogP contribution in [-0.2, 0) is 4.79 Å². The first-order chi connectivity index (χ1) is 4.10. The summed E-state index contributed by atoms with van der Waals surface area (Å²) >= 11 is 0. The molecule has 0 aromatic heterocycles. The van der Waals surface area contributed by atoms with E-state index in [1.807, 2.05) is 13.8 Å². The van der Waals surface area contributed by atoms with Crippen molar-refractivity contribution in [3.63, 3.8) is 0 Å². The largest absolute Gasteiger partial charge is 0.481 e. The lowest BCUT2D eigenvalue weighted by atomic mass is 10.0. The van der Waals surface area contributed by atoms with Crippen LogP contribution in [0.2, 0.25) is 0 Å². The Morgan fingerprint density at radius 3 is 2.56 bits per heavy atom. The normalized spacial score (nSPS) is 40.4. The molecule has 1 aliphatic rings. The zero-order valence-corrected chi connectivity index (χ0v) is 5.85. The summed E-state index contributed by atoms with van der Waals surface area (Å²) in [6.07, 6.45) is 1.86. The summed E-state index contributed by atoms with van der Waals surface area (Å²) in [6.45, 7) is 4.08. The summed E-state index contributed by atoms with van der Waals surface area (Å²) in [5.74, 6) is -0.679. The summed E-state index contributed by atoms with van der Waals surface area (Å²) in [5.41, 5.74) is 0.131. The number of carboxylic acid groups (broad SMARTS) is 1. The molecule has 0 radical (unpaired) electrons. The molecule has 1 rings (SSSR count). The minimum absolute atomic E-state index is 0.0532. The predicted molar refractivity (Wildman–Crippen MR) is 34.1 cm³/mol. The fourth-order valence-electron chi connectivity index (χ4n) is 1.18. The van der Waals surface area contributed by atoms with Gasteiger partial charge in [0.15, 0.2) is 0 Å². The minimum Gasteiger partial charge on any atom is -0.481 e. The van der Waals surface area contributed by atoms with Gasteiger partial charge in [-0.1, -0.05) is 13.8 Å². The van der Waals surface area contributed by atoms with Gasteiger partial charge in [0.05, 0.1) is 5.92 Å². The second-order valence-electron chi connectivity index (χ2n) is 3.10. The van der Waals surface area contributed by atoms with E-state index < -0.39 is 5.97 Å². The van der Waals surface area contributed by atoms with Crippen LogP contribution in [0.5, 0.6) is 0 Å². The van der Waals surface area contributed by atoms with Gasteiger partial charge >= 0.3 is 5.97 Å². The number of carboxylic acids is 1. The Balaban J connectivity index is 2.48. The van der Waals surface area contributed by atoms with E-state index in [9.17, 15) is 4.79 Å². The molecular weight excluding hydrogens is 116 g/mol. The smallest absolute Gasteiger partial charge is 0.307 e. The molecule has 2 nitrogen and oxygen atoms in total. The van der Waals surface area contributed by atoms with Crippen LogP contribution < -0.4 is 0 Å². The van der Waals surface area contributed by atoms with Crippen LogP contribution in [0.25, 0.3) is 0 Å². The average Bonchev–Trinajstić information content (AvgIpc) is 2.44. The number of aliphatic carboxylic acids is 1. The topological polar surface area (TPSA) is 37.3 Å². The Morgan fingerprint density at radius 2 is 2.44 bits per heavy atom. The van der Waals surface area contributed by atoms with E-state index >= 15 is 0 Å². The summed E-state index contributed by atoms with van der Waals surface area (Å²) in [5, 5.41) is 8.52. The summed E-state index contributed by atoms with van der Waals surface area (Å²) < 4.78 is 0. The third kappa shape index (κ3) is 0.934. The summed E-state index contributed by atoms with van der Waals surface area (Å²) in [4.78, 5) is 10.3. The Hall–Kier alpha value is -0.530. The highest BCUT2D eigenvalue weighted by Gasteiger charge is 2.53. The molecule has 2 heteroatoms. The molecule has 0 aromatic carbocycles. The van der Waals surface area contributed by atoms with Crippen molar-refractivity contribution in [1.29, 1.82) is 0 Å². The molecular formula is C7H12O2. The molecule has 0 aliphatic heterocycles. The second-order valence-corrected chi connectivity index (χ2v) is 3.10. The van der Waals surface area contributed by atoms with Crippen LogP contribution in [-0.4, -0.2) is 11.1 Å². The Kier molecular flexibility index (Phi) is 1.26. The van der Waals surface area contributed by atoms with Crippen molar-refractivity contribution in [3.05, 3.63) is 0 Å². The average molecular weight is 128 g/mol. The van der Waals surface area contributed by atoms with E-state index in [-0.39, 0.29) is 11.3 Å². The lowest BCUT2D eigenvalue weighted by molar-refractivity contribution is -0.139. The number of carbonyl (C=O) groups is 1. The Bertz CT molecular complexity index is 142. The monoisotopic (exact) mass is 128 g/mol. The van der Waals surface area contributed by atoms with Crippen LogP contribution in [0.1, 0.15) is 26.7 Å². The first kappa shape index (κ1) is 6.59. The molecule has 1 fully saturated rings. The highest BCUT2D eigenvalue weighted by atomic mass is 16.4. The first-order valence-electron chi connectivity index (χ1n) is 3.33. The van der Waals surface area contributed by atoms with Crippen LogP contribution in [0, 0.1) is 11.3 Å². The lowest BCUT2D eigenvalue weighted by Crippen LogP contribution is -2.05. The van der Waals surface area contributed by atoms with Gasteiger partial charge in [-0.3, -0.25) is 4.79 Å². The fraction of sp³-hybridized carbons (Fsp3) is 0.857. The first-order valence-corrected chi connectivity index (χ1v) is 3.33. The van der Waals surface area contributed by atoms with Gasteiger partial charge in [0.25, 0.3) is 0 Å². The Morgan fingerprint density at radius 1 is 1.89 bits per heavy atom. The van der Waals surface area contributed by atoms with Crippen molar-refractivity contribution >= 4 is 5.97 Å². The molecule has 9 heavy (non-hydrogen) atoms. The third-order valence-electron chi connectivity index (χ3n) is 2.46. The van der Waals surface area contributed by atoms with Gasteiger partial charge in [0, 0.05) is 0 Å². The number of hydrogen-bond donors (Lipinski definition) is 1. The van der Waals surface area contributed by atoms with E-state index in [4.69, 9.17) is 5.11 Å². The highest BCUT2D eigenvalue weighted by molar-refractivity contribution is 5.74. The van der Waals surface area contributed by atoms with Crippen LogP contribution in [0.15, 0.2) is 0 Å². The molecule has 1 saturated carbocycles. The van der Waals surface area contributed by atoms with Crippen LogP contribution in [0.3, 0.4) is 0 Å². The highest BCUT2D eigenvalue weighted by Crippen LogP contribution is 2.54. The van der Waals surface area contributed by atoms with E-state index in [0.29, 0.717) is 0 Å². The molecule has 1 aliphatic carbocycles. The van der Waals surface area contributed by atoms with Gasteiger partial charge in [-0.15, -0.1) is 0 Å². The zero-order valence-electron chi connectivity index (χ0n) is 5.85. The maximum Gasteiger partial charge on any atom is 0.307 e. The molecule has 0 bridgehead atoms. The molecule has 0 aromatic rings. The zero-order chi connectivity index (χ0) is 7.07. The molecule has 2 atom stereocenters. The van der Waals surface area contributed by atoms with Crippen molar-refractivity contribution in [2.75, 3.05) is 0 Å². The fourth-order valence-corrected chi connectivity index (χ4v) is 1.18. The second kappa shape index (κ2) is 1.72. The standard InChI is InChI=1S/C7H12O2/c1-3-7(2)4-5(7)6(8)9/h5H,3-4H2,1-2H3,(H,8,9)/t5-,7+/m0/s1. The van der Waals surface area contributed by atoms with Gasteiger partial charge in [0.1, 0.15) is 0 Å². The molecule has 0 amide bonds. The van der Waals surface area contributed by atoms with E-state index in [1.165, 1.54) is 0 Å². The molecule has 0 heterocycles. The number of rotatable bonds is 2. The maximum absolute atomic E-state index is 10.3. The molecule has 0 unspecified atom stereocenters. The minimum atomic E-state index is -0.626. The van der Waals surface area contributed by atoms with Gasteiger partial charge in [-0.05, 0) is 18.3 Å². The van der Waals surface area contributed by atoms with Crippen LogP contribution >= 0.6 is 0 Å².